The van der Waals surface area contributed by atoms with Gasteiger partial charge in [-0.2, -0.15) is 5.26 Å². The fourth-order valence-corrected chi connectivity index (χ4v) is 4.66. The van der Waals surface area contributed by atoms with E-state index in [9.17, 15) is 10.1 Å². The van der Waals surface area contributed by atoms with E-state index in [0.717, 1.165) is 36.2 Å². The molecule has 32 heavy (non-hydrogen) atoms. The Kier molecular flexibility index (Phi) is 7.41. The van der Waals surface area contributed by atoms with Crippen molar-refractivity contribution < 1.29 is 14.3 Å². The summed E-state index contributed by atoms with van der Waals surface area (Å²) >= 11 is 0. The third kappa shape index (κ3) is 5.67. The van der Waals surface area contributed by atoms with Crippen molar-refractivity contribution >= 4 is 5.97 Å². The first kappa shape index (κ1) is 22.3. The lowest BCUT2D eigenvalue weighted by atomic mass is 10.0. The number of ether oxygens (including phenoxy) is 2. The molecule has 0 radical (unpaired) electrons. The Hall–Kier alpha value is -2.88. The van der Waals surface area contributed by atoms with Crippen molar-refractivity contribution in [1.29, 1.82) is 5.26 Å². The van der Waals surface area contributed by atoms with Gasteiger partial charge in [0.2, 0.25) is 0 Å². The van der Waals surface area contributed by atoms with Gasteiger partial charge in [-0.3, -0.25) is 9.69 Å². The highest BCUT2D eigenvalue weighted by atomic mass is 16.5. The molecule has 6 heteroatoms. The summed E-state index contributed by atoms with van der Waals surface area (Å²) in [5.41, 5.74) is 2.31. The molecule has 1 aliphatic carbocycles. The van der Waals surface area contributed by atoms with E-state index in [4.69, 9.17) is 9.47 Å². The predicted molar refractivity (Wildman–Crippen MR) is 122 cm³/mol. The van der Waals surface area contributed by atoms with Crippen molar-refractivity contribution in [3.8, 4) is 11.8 Å². The predicted octanol–water partition coefficient (Wildman–Crippen LogP) is 3.03. The van der Waals surface area contributed by atoms with Gasteiger partial charge < -0.3 is 14.8 Å². The minimum absolute atomic E-state index is 0.284. The zero-order chi connectivity index (χ0) is 22.3. The van der Waals surface area contributed by atoms with Crippen LogP contribution in [0.5, 0.6) is 5.75 Å². The second-order valence-corrected chi connectivity index (χ2v) is 8.62. The number of carbonyl (C=O) groups excluding carboxylic acids is 1. The van der Waals surface area contributed by atoms with Crippen molar-refractivity contribution in [2.45, 2.75) is 25.9 Å². The summed E-state index contributed by atoms with van der Waals surface area (Å²) in [6.45, 7) is 6.87. The molecule has 1 aliphatic heterocycles. The van der Waals surface area contributed by atoms with Crippen LogP contribution in [0.25, 0.3) is 0 Å². The standard InChI is InChI=1S/C26H31N3O3/c1-2-31-26(30)21(15-27)14-19-8-10-22(11-9-19)32-13-12-28-25-23-17-29(18-24(23)25)16-20-6-4-3-5-7-20/h3-11,21,23-25,28H,2,12-14,16-18H2,1H3. The number of rotatable bonds is 11. The van der Waals surface area contributed by atoms with Crippen LogP contribution < -0.4 is 10.1 Å². The third-order valence-electron chi connectivity index (χ3n) is 6.36. The largest absolute Gasteiger partial charge is 0.492 e. The van der Waals surface area contributed by atoms with E-state index in [1.165, 1.54) is 18.7 Å². The monoisotopic (exact) mass is 433 g/mol. The molecule has 168 valence electrons. The molecular formula is C26H31N3O3. The molecular weight excluding hydrogens is 402 g/mol. The van der Waals surface area contributed by atoms with Crippen molar-refractivity contribution in [3.63, 3.8) is 0 Å². The summed E-state index contributed by atoms with van der Waals surface area (Å²) in [6, 6.07) is 20.9. The van der Waals surface area contributed by atoms with Gasteiger partial charge in [0.1, 0.15) is 18.3 Å². The summed E-state index contributed by atoms with van der Waals surface area (Å²) in [4.78, 5) is 14.3. The Bertz CT molecular complexity index is 914. The van der Waals surface area contributed by atoms with Gasteiger partial charge in [-0.1, -0.05) is 42.5 Å². The normalized spacial score (nSPS) is 22.6. The zero-order valence-electron chi connectivity index (χ0n) is 18.6. The summed E-state index contributed by atoms with van der Waals surface area (Å²) in [5, 5.41) is 12.8. The number of nitrogens with zero attached hydrogens (tertiary/aromatic N) is 2. The van der Waals surface area contributed by atoms with Crippen LogP contribution in [-0.4, -0.2) is 49.8 Å². The van der Waals surface area contributed by atoms with E-state index in [-0.39, 0.29) is 6.61 Å². The first-order valence-corrected chi connectivity index (χ1v) is 11.5. The van der Waals surface area contributed by atoms with Crippen LogP contribution in [0, 0.1) is 29.1 Å². The third-order valence-corrected chi connectivity index (χ3v) is 6.36. The van der Waals surface area contributed by atoms with E-state index in [1.54, 1.807) is 6.92 Å². The second-order valence-electron chi connectivity index (χ2n) is 8.62. The minimum Gasteiger partial charge on any atom is -0.492 e. The lowest BCUT2D eigenvalue weighted by Gasteiger charge is -2.20. The molecule has 4 rings (SSSR count). The Morgan fingerprint density at radius 3 is 2.50 bits per heavy atom. The number of benzene rings is 2. The van der Waals surface area contributed by atoms with Crippen molar-refractivity contribution in [2.75, 3.05) is 32.8 Å². The van der Waals surface area contributed by atoms with Crippen LogP contribution >= 0.6 is 0 Å². The maximum Gasteiger partial charge on any atom is 0.323 e. The maximum absolute atomic E-state index is 11.8. The molecule has 1 saturated carbocycles. The first-order valence-electron chi connectivity index (χ1n) is 11.5. The van der Waals surface area contributed by atoms with Crippen LogP contribution in [0.15, 0.2) is 54.6 Å². The molecule has 3 atom stereocenters. The molecule has 1 saturated heterocycles. The van der Waals surface area contributed by atoms with Crippen LogP contribution in [0.2, 0.25) is 0 Å². The van der Waals surface area contributed by atoms with Crippen LogP contribution in [0.1, 0.15) is 18.1 Å². The van der Waals surface area contributed by atoms with Crippen LogP contribution in [0.3, 0.4) is 0 Å². The molecule has 1 heterocycles. The lowest BCUT2D eigenvalue weighted by Crippen LogP contribution is -2.33. The van der Waals surface area contributed by atoms with E-state index >= 15 is 0 Å². The number of fused-ring (bicyclic) bond motifs is 1. The van der Waals surface area contributed by atoms with Gasteiger partial charge in [-0.15, -0.1) is 0 Å². The molecule has 6 nitrogen and oxygen atoms in total. The van der Waals surface area contributed by atoms with Gasteiger partial charge in [0.15, 0.2) is 0 Å². The number of carbonyl (C=O) groups is 1. The highest BCUT2D eigenvalue weighted by molar-refractivity contribution is 5.75. The van der Waals surface area contributed by atoms with E-state index < -0.39 is 11.9 Å². The summed E-state index contributed by atoms with van der Waals surface area (Å²) < 4.78 is 10.8. The fraction of sp³-hybridized carbons (Fsp3) is 0.462. The SMILES string of the molecule is CCOC(=O)C(C#N)Cc1ccc(OCCNC2C3CN(Cc4ccccc4)CC32)cc1. The Labute approximate surface area is 190 Å². The van der Waals surface area contributed by atoms with Crippen molar-refractivity contribution in [2.24, 2.45) is 17.8 Å². The molecule has 2 aromatic rings. The Morgan fingerprint density at radius 2 is 1.84 bits per heavy atom. The van der Waals surface area contributed by atoms with Crippen LogP contribution in [-0.2, 0) is 22.5 Å². The van der Waals surface area contributed by atoms with E-state index in [2.05, 4.69) is 40.5 Å². The first-order chi connectivity index (χ1) is 15.7. The average molecular weight is 434 g/mol. The van der Waals surface area contributed by atoms with E-state index in [0.29, 0.717) is 19.1 Å². The maximum atomic E-state index is 11.8. The summed E-state index contributed by atoms with van der Waals surface area (Å²) in [5.74, 6) is 1.10. The molecule has 3 unspecified atom stereocenters. The quantitative estimate of drug-likeness (QED) is 0.434. The molecule has 0 aromatic heterocycles. The molecule has 2 aromatic carbocycles. The lowest BCUT2D eigenvalue weighted by molar-refractivity contribution is -0.145. The zero-order valence-corrected chi connectivity index (χ0v) is 18.6. The van der Waals surface area contributed by atoms with Gasteiger partial charge in [-0.25, -0.2) is 0 Å². The number of nitriles is 1. The number of hydrogen-bond donors (Lipinski definition) is 1. The summed E-state index contributed by atoms with van der Waals surface area (Å²) in [7, 11) is 0. The number of nitrogens with one attached hydrogen (secondary N) is 1. The Balaban J connectivity index is 1.12. The van der Waals surface area contributed by atoms with Gasteiger partial charge in [-0.05, 0) is 48.4 Å². The second kappa shape index (κ2) is 10.6. The van der Waals surface area contributed by atoms with Gasteiger partial charge in [0.25, 0.3) is 0 Å². The smallest absolute Gasteiger partial charge is 0.323 e. The highest BCUT2D eigenvalue weighted by Gasteiger charge is 2.55. The molecule has 2 aliphatic rings. The molecule has 2 fully saturated rings. The molecule has 0 amide bonds. The number of piperidine rings is 1. The average Bonchev–Trinajstić information content (AvgIpc) is 3.26. The fourth-order valence-electron chi connectivity index (χ4n) is 4.66. The van der Waals surface area contributed by atoms with Gasteiger partial charge in [0, 0.05) is 32.2 Å². The van der Waals surface area contributed by atoms with E-state index in [1.807, 2.05) is 30.3 Å². The molecule has 1 N–H and O–H groups in total. The number of esters is 1. The van der Waals surface area contributed by atoms with Crippen LogP contribution in [0.4, 0.5) is 0 Å². The van der Waals surface area contributed by atoms with Gasteiger partial charge >= 0.3 is 5.97 Å². The minimum atomic E-state index is -0.771. The Morgan fingerprint density at radius 1 is 1.12 bits per heavy atom. The molecule has 0 bridgehead atoms. The topological polar surface area (TPSA) is 74.6 Å². The molecule has 0 spiro atoms. The van der Waals surface area contributed by atoms with Crippen molar-refractivity contribution in [3.05, 3.63) is 65.7 Å². The highest BCUT2D eigenvalue weighted by Crippen LogP contribution is 2.45. The van der Waals surface area contributed by atoms with Gasteiger partial charge in [0.05, 0.1) is 12.7 Å². The number of hydrogen-bond acceptors (Lipinski definition) is 6. The number of likely N-dealkylation sites (tertiary alicyclic amines) is 1. The van der Waals surface area contributed by atoms with Crippen molar-refractivity contribution in [1.82, 2.24) is 10.2 Å². The summed E-state index contributed by atoms with van der Waals surface area (Å²) in [6.07, 6.45) is 0.350.